The molecule has 1 aliphatic rings. The van der Waals surface area contributed by atoms with Gasteiger partial charge in [-0.15, -0.1) is 0 Å². The third-order valence-electron chi connectivity index (χ3n) is 2.15. The van der Waals surface area contributed by atoms with Gasteiger partial charge >= 0.3 is 0 Å². The van der Waals surface area contributed by atoms with Gasteiger partial charge in [0, 0.05) is 5.92 Å². The summed E-state index contributed by atoms with van der Waals surface area (Å²) in [6.07, 6.45) is 2.35. The number of aliphatic hydroxyl groups is 2. The van der Waals surface area contributed by atoms with Gasteiger partial charge in [0.2, 0.25) is 0 Å². The highest BCUT2D eigenvalue weighted by Crippen LogP contribution is 2.27. The quantitative estimate of drug-likeness (QED) is 0.543. The number of hydrogen-bond acceptors (Lipinski definition) is 2. The SMILES string of the molecule is CC(O)C1CCCC1O. The van der Waals surface area contributed by atoms with Gasteiger partial charge in [-0.3, -0.25) is 0 Å². The Morgan fingerprint density at radius 3 is 2.33 bits per heavy atom. The summed E-state index contributed by atoms with van der Waals surface area (Å²) in [5, 5.41) is 18.3. The molecule has 1 rings (SSSR count). The van der Waals surface area contributed by atoms with Crippen molar-refractivity contribution in [2.45, 2.75) is 38.4 Å². The van der Waals surface area contributed by atoms with E-state index in [9.17, 15) is 5.11 Å². The van der Waals surface area contributed by atoms with Crippen molar-refractivity contribution in [3.8, 4) is 0 Å². The maximum Gasteiger partial charge on any atom is 0.0593 e. The van der Waals surface area contributed by atoms with Gasteiger partial charge in [-0.1, -0.05) is 6.42 Å². The summed E-state index contributed by atoms with van der Waals surface area (Å²) in [4.78, 5) is 0. The van der Waals surface area contributed by atoms with Gasteiger partial charge in [0.1, 0.15) is 0 Å². The average Bonchev–Trinajstić information content (AvgIpc) is 2.13. The molecule has 0 heterocycles. The molecule has 9 heavy (non-hydrogen) atoms. The van der Waals surface area contributed by atoms with E-state index in [1.165, 1.54) is 0 Å². The second-order valence-corrected chi connectivity index (χ2v) is 2.90. The van der Waals surface area contributed by atoms with Gasteiger partial charge in [0.15, 0.2) is 0 Å². The standard InChI is InChI=1S/C7H14O2/c1-5(8)6-3-2-4-7(6)9/h5-9H,2-4H2,1H3. The van der Waals surface area contributed by atoms with Crippen molar-refractivity contribution in [1.29, 1.82) is 0 Å². The minimum Gasteiger partial charge on any atom is -0.393 e. The zero-order valence-electron chi connectivity index (χ0n) is 5.75. The van der Waals surface area contributed by atoms with Gasteiger partial charge in [-0.05, 0) is 19.8 Å². The highest BCUT2D eigenvalue weighted by Gasteiger charge is 2.28. The molecule has 2 heteroatoms. The predicted octanol–water partition coefficient (Wildman–Crippen LogP) is 0.528. The minimum atomic E-state index is -0.331. The van der Waals surface area contributed by atoms with E-state index in [0.29, 0.717) is 0 Å². The minimum absolute atomic E-state index is 0.144. The lowest BCUT2D eigenvalue weighted by Gasteiger charge is -2.16. The summed E-state index contributed by atoms with van der Waals surface area (Å²) in [5.74, 6) is 0.144. The lowest BCUT2D eigenvalue weighted by Crippen LogP contribution is -2.24. The van der Waals surface area contributed by atoms with E-state index in [-0.39, 0.29) is 18.1 Å². The zero-order valence-corrected chi connectivity index (χ0v) is 5.75. The van der Waals surface area contributed by atoms with E-state index in [4.69, 9.17) is 5.11 Å². The van der Waals surface area contributed by atoms with Gasteiger partial charge < -0.3 is 10.2 Å². The molecule has 0 amide bonds. The van der Waals surface area contributed by atoms with Crippen molar-refractivity contribution in [3.05, 3.63) is 0 Å². The molecular formula is C7H14O2. The summed E-state index contributed by atoms with van der Waals surface area (Å²) < 4.78 is 0. The Morgan fingerprint density at radius 2 is 2.11 bits per heavy atom. The maximum atomic E-state index is 9.20. The molecule has 0 spiro atoms. The van der Waals surface area contributed by atoms with E-state index in [1.54, 1.807) is 6.92 Å². The average molecular weight is 130 g/mol. The predicted molar refractivity (Wildman–Crippen MR) is 35.0 cm³/mol. The van der Waals surface area contributed by atoms with Crippen molar-refractivity contribution in [2.75, 3.05) is 0 Å². The molecule has 0 aliphatic heterocycles. The van der Waals surface area contributed by atoms with Crippen molar-refractivity contribution >= 4 is 0 Å². The second-order valence-electron chi connectivity index (χ2n) is 2.90. The molecule has 1 saturated carbocycles. The topological polar surface area (TPSA) is 40.5 Å². The first-order valence-corrected chi connectivity index (χ1v) is 3.58. The molecule has 2 N–H and O–H groups in total. The lowest BCUT2D eigenvalue weighted by atomic mass is 10.0. The van der Waals surface area contributed by atoms with Crippen LogP contribution in [0.3, 0.4) is 0 Å². The second kappa shape index (κ2) is 2.67. The van der Waals surface area contributed by atoms with Crippen molar-refractivity contribution in [3.63, 3.8) is 0 Å². The first kappa shape index (κ1) is 7.03. The third kappa shape index (κ3) is 1.43. The van der Waals surface area contributed by atoms with Crippen LogP contribution >= 0.6 is 0 Å². The van der Waals surface area contributed by atoms with Crippen LogP contribution in [0.5, 0.6) is 0 Å². The van der Waals surface area contributed by atoms with E-state index in [1.807, 2.05) is 0 Å². The lowest BCUT2D eigenvalue weighted by molar-refractivity contribution is 0.0420. The van der Waals surface area contributed by atoms with Crippen LogP contribution in [0.1, 0.15) is 26.2 Å². The summed E-state index contributed by atoms with van der Waals surface area (Å²) in [7, 11) is 0. The summed E-state index contributed by atoms with van der Waals surface area (Å²) in [6, 6.07) is 0. The van der Waals surface area contributed by atoms with Gasteiger partial charge in [-0.25, -0.2) is 0 Å². The zero-order chi connectivity index (χ0) is 6.85. The molecule has 1 fully saturated rings. The number of hydrogen-bond donors (Lipinski definition) is 2. The van der Waals surface area contributed by atoms with E-state index in [2.05, 4.69) is 0 Å². The highest BCUT2D eigenvalue weighted by molar-refractivity contribution is 4.79. The Labute approximate surface area is 55.5 Å². The number of rotatable bonds is 1. The fourth-order valence-corrected chi connectivity index (χ4v) is 1.53. The van der Waals surface area contributed by atoms with Gasteiger partial charge in [0.05, 0.1) is 12.2 Å². The van der Waals surface area contributed by atoms with Crippen molar-refractivity contribution < 1.29 is 10.2 Å². The van der Waals surface area contributed by atoms with Crippen LogP contribution in [0.2, 0.25) is 0 Å². The third-order valence-corrected chi connectivity index (χ3v) is 2.15. The summed E-state index contributed by atoms with van der Waals surface area (Å²) in [5.41, 5.74) is 0. The molecule has 0 saturated heterocycles. The van der Waals surface area contributed by atoms with E-state index < -0.39 is 0 Å². The fourth-order valence-electron chi connectivity index (χ4n) is 1.53. The molecule has 1 aliphatic carbocycles. The van der Waals surface area contributed by atoms with Crippen LogP contribution in [-0.2, 0) is 0 Å². The van der Waals surface area contributed by atoms with Crippen LogP contribution in [-0.4, -0.2) is 22.4 Å². The molecule has 0 bridgehead atoms. The molecule has 54 valence electrons. The monoisotopic (exact) mass is 130 g/mol. The fraction of sp³-hybridized carbons (Fsp3) is 1.00. The summed E-state index contributed by atoms with van der Waals surface area (Å²) >= 11 is 0. The van der Waals surface area contributed by atoms with Crippen LogP contribution in [0.25, 0.3) is 0 Å². The molecule has 0 aromatic heterocycles. The van der Waals surface area contributed by atoms with Crippen LogP contribution in [0.15, 0.2) is 0 Å². The van der Waals surface area contributed by atoms with Crippen LogP contribution < -0.4 is 0 Å². The Balaban J connectivity index is 2.40. The Bertz CT molecular complexity index is 90.9. The highest BCUT2D eigenvalue weighted by atomic mass is 16.3. The van der Waals surface area contributed by atoms with Crippen LogP contribution in [0.4, 0.5) is 0 Å². The van der Waals surface area contributed by atoms with Gasteiger partial charge in [0.25, 0.3) is 0 Å². The molecular weight excluding hydrogens is 116 g/mol. The first-order chi connectivity index (χ1) is 4.22. The molecule has 0 aromatic rings. The van der Waals surface area contributed by atoms with E-state index >= 15 is 0 Å². The molecule has 0 radical (unpaired) electrons. The van der Waals surface area contributed by atoms with Gasteiger partial charge in [-0.2, -0.15) is 0 Å². The van der Waals surface area contributed by atoms with Crippen molar-refractivity contribution in [2.24, 2.45) is 5.92 Å². The largest absolute Gasteiger partial charge is 0.393 e. The van der Waals surface area contributed by atoms with Crippen molar-refractivity contribution in [1.82, 2.24) is 0 Å². The first-order valence-electron chi connectivity index (χ1n) is 3.58. The Hall–Kier alpha value is -0.0800. The van der Waals surface area contributed by atoms with E-state index in [0.717, 1.165) is 19.3 Å². The summed E-state index contributed by atoms with van der Waals surface area (Å²) in [6.45, 7) is 1.75. The molecule has 3 atom stereocenters. The maximum absolute atomic E-state index is 9.20. The Morgan fingerprint density at radius 1 is 1.44 bits per heavy atom. The smallest absolute Gasteiger partial charge is 0.0593 e. The molecule has 0 aromatic carbocycles. The Kier molecular flexibility index (Phi) is 2.09. The molecule has 3 unspecified atom stereocenters. The number of aliphatic hydroxyl groups excluding tert-OH is 2. The molecule has 2 nitrogen and oxygen atoms in total. The van der Waals surface area contributed by atoms with Crippen LogP contribution in [0, 0.1) is 5.92 Å². The normalized spacial score (nSPS) is 39.0.